The first-order valence-electron chi connectivity index (χ1n) is 11.4. The predicted molar refractivity (Wildman–Crippen MR) is 135 cm³/mol. The molecule has 1 saturated heterocycles. The highest BCUT2D eigenvalue weighted by Crippen LogP contribution is 2.28. The summed E-state index contributed by atoms with van der Waals surface area (Å²) in [6.07, 6.45) is 5.99. The Labute approximate surface area is 207 Å². The molecule has 34 heavy (non-hydrogen) atoms. The molecule has 2 aromatic heterocycles. The van der Waals surface area contributed by atoms with E-state index in [0.29, 0.717) is 39.3 Å². The Morgan fingerprint density at radius 1 is 1.00 bits per heavy atom. The van der Waals surface area contributed by atoms with Crippen LogP contribution in [-0.2, 0) is 29.1 Å². The molecule has 5 rings (SSSR count). The zero-order valence-electron chi connectivity index (χ0n) is 18.8. The molecule has 1 fully saturated rings. The summed E-state index contributed by atoms with van der Waals surface area (Å²) < 4.78 is 14.7. The molecular formula is C27H26BrN3O3. The minimum absolute atomic E-state index is 0.133. The number of carbonyl (C=O) groups excluding carboxylic acids is 1. The SMILES string of the molecule is O=C(Cc1cn(Cc2ccc(Br)cc2)c2ccc(OCc3ccncc3)cc12)N1CCOCC1. The van der Waals surface area contributed by atoms with Gasteiger partial charge >= 0.3 is 0 Å². The Bertz CT molecular complexity index is 1270. The van der Waals surface area contributed by atoms with E-state index in [9.17, 15) is 4.79 Å². The van der Waals surface area contributed by atoms with Crippen LogP contribution in [0.1, 0.15) is 16.7 Å². The number of aromatic nitrogens is 2. The van der Waals surface area contributed by atoms with E-state index in [1.165, 1.54) is 5.56 Å². The second kappa shape index (κ2) is 10.4. The van der Waals surface area contributed by atoms with Crippen LogP contribution in [0.3, 0.4) is 0 Å². The van der Waals surface area contributed by atoms with Crippen LogP contribution in [-0.4, -0.2) is 46.7 Å². The summed E-state index contributed by atoms with van der Waals surface area (Å²) in [5, 5.41) is 1.05. The maximum Gasteiger partial charge on any atom is 0.227 e. The number of rotatable bonds is 7. The molecule has 174 valence electrons. The van der Waals surface area contributed by atoms with Gasteiger partial charge in [0.25, 0.3) is 0 Å². The van der Waals surface area contributed by atoms with Crippen molar-refractivity contribution in [1.82, 2.24) is 14.5 Å². The summed E-state index contributed by atoms with van der Waals surface area (Å²) >= 11 is 3.50. The number of ether oxygens (including phenoxy) is 2. The van der Waals surface area contributed by atoms with Crippen molar-refractivity contribution < 1.29 is 14.3 Å². The molecule has 7 heteroatoms. The van der Waals surface area contributed by atoms with Gasteiger partial charge in [-0.05, 0) is 59.2 Å². The maximum absolute atomic E-state index is 13.0. The van der Waals surface area contributed by atoms with Crippen LogP contribution in [0.15, 0.2) is 77.7 Å². The quantitative estimate of drug-likeness (QED) is 0.351. The number of hydrogen-bond donors (Lipinski definition) is 0. The van der Waals surface area contributed by atoms with Crippen molar-refractivity contribution in [1.29, 1.82) is 0 Å². The fourth-order valence-corrected chi connectivity index (χ4v) is 4.50. The van der Waals surface area contributed by atoms with E-state index in [1.54, 1.807) is 12.4 Å². The molecule has 0 aliphatic carbocycles. The third kappa shape index (κ3) is 5.32. The lowest BCUT2D eigenvalue weighted by Crippen LogP contribution is -2.41. The highest BCUT2D eigenvalue weighted by molar-refractivity contribution is 9.10. The number of hydrogen-bond acceptors (Lipinski definition) is 4. The lowest BCUT2D eigenvalue weighted by atomic mass is 10.1. The number of amides is 1. The monoisotopic (exact) mass is 519 g/mol. The standard InChI is InChI=1S/C27H26BrN3O3/c28-23-3-1-20(2-4-23)17-31-18-22(15-27(32)30-11-13-33-14-12-30)25-16-24(5-6-26(25)31)34-19-21-7-9-29-10-8-21/h1-10,16,18H,11-15,17,19H2. The number of halogens is 1. The van der Waals surface area contributed by atoms with Crippen LogP contribution >= 0.6 is 15.9 Å². The average Bonchev–Trinajstić information content (AvgIpc) is 3.21. The molecule has 1 aliphatic rings. The number of carbonyl (C=O) groups is 1. The van der Waals surface area contributed by atoms with Crippen molar-refractivity contribution in [2.45, 2.75) is 19.6 Å². The van der Waals surface area contributed by atoms with Gasteiger partial charge in [0.15, 0.2) is 0 Å². The molecule has 2 aromatic carbocycles. The van der Waals surface area contributed by atoms with E-state index in [4.69, 9.17) is 9.47 Å². The Morgan fingerprint density at radius 3 is 2.53 bits per heavy atom. The van der Waals surface area contributed by atoms with Gasteiger partial charge in [0.1, 0.15) is 12.4 Å². The van der Waals surface area contributed by atoms with Crippen molar-refractivity contribution in [2.75, 3.05) is 26.3 Å². The average molecular weight is 520 g/mol. The van der Waals surface area contributed by atoms with Crippen LogP contribution in [0.2, 0.25) is 0 Å². The summed E-state index contributed by atoms with van der Waals surface area (Å²) in [5.74, 6) is 0.917. The molecule has 1 aliphatic heterocycles. The van der Waals surface area contributed by atoms with Gasteiger partial charge in [0, 0.05) is 53.6 Å². The number of morpholine rings is 1. The van der Waals surface area contributed by atoms with Crippen LogP contribution in [0.25, 0.3) is 10.9 Å². The predicted octanol–water partition coefficient (Wildman–Crippen LogP) is 4.83. The minimum Gasteiger partial charge on any atom is -0.489 e. The van der Waals surface area contributed by atoms with Gasteiger partial charge in [-0.3, -0.25) is 9.78 Å². The number of benzene rings is 2. The fraction of sp³-hybridized carbons (Fsp3) is 0.259. The van der Waals surface area contributed by atoms with Crippen molar-refractivity contribution in [3.8, 4) is 5.75 Å². The third-order valence-electron chi connectivity index (χ3n) is 6.06. The Balaban J connectivity index is 1.43. The number of fused-ring (bicyclic) bond motifs is 1. The van der Waals surface area contributed by atoms with Gasteiger partial charge in [-0.15, -0.1) is 0 Å². The van der Waals surface area contributed by atoms with E-state index in [0.717, 1.165) is 38.8 Å². The second-order valence-electron chi connectivity index (χ2n) is 8.40. The third-order valence-corrected chi connectivity index (χ3v) is 6.59. The molecule has 4 aromatic rings. The van der Waals surface area contributed by atoms with E-state index in [-0.39, 0.29) is 5.91 Å². The van der Waals surface area contributed by atoms with E-state index in [2.05, 4.69) is 68.1 Å². The molecular weight excluding hydrogens is 494 g/mol. The van der Waals surface area contributed by atoms with Gasteiger partial charge < -0.3 is 18.9 Å². The second-order valence-corrected chi connectivity index (χ2v) is 9.32. The first-order valence-corrected chi connectivity index (χ1v) is 12.2. The molecule has 6 nitrogen and oxygen atoms in total. The van der Waals surface area contributed by atoms with E-state index >= 15 is 0 Å². The molecule has 0 unspecified atom stereocenters. The summed E-state index contributed by atoms with van der Waals surface area (Å²) in [6.45, 7) is 3.70. The summed E-state index contributed by atoms with van der Waals surface area (Å²) in [4.78, 5) is 19.0. The molecule has 1 amide bonds. The zero-order chi connectivity index (χ0) is 23.3. The summed E-state index contributed by atoms with van der Waals surface area (Å²) in [7, 11) is 0. The van der Waals surface area contributed by atoms with Crippen molar-refractivity contribution in [2.24, 2.45) is 0 Å². The fourth-order valence-electron chi connectivity index (χ4n) is 4.23. The Kier molecular flexibility index (Phi) is 6.92. The highest BCUT2D eigenvalue weighted by atomic mass is 79.9. The van der Waals surface area contributed by atoms with Gasteiger partial charge in [-0.2, -0.15) is 0 Å². The molecule has 0 N–H and O–H groups in total. The molecule has 0 spiro atoms. The Hall–Kier alpha value is -3.16. The van der Waals surface area contributed by atoms with E-state index in [1.807, 2.05) is 23.1 Å². The van der Waals surface area contributed by atoms with Gasteiger partial charge in [-0.25, -0.2) is 0 Å². The van der Waals surface area contributed by atoms with Crippen LogP contribution in [0.5, 0.6) is 5.75 Å². The lowest BCUT2D eigenvalue weighted by Gasteiger charge is -2.26. The number of nitrogens with zero attached hydrogens (tertiary/aromatic N) is 3. The minimum atomic E-state index is 0.133. The summed E-state index contributed by atoms with van der Waals surface area (Å²) in [5.41, 5.74) is 4.36. The van der Waals surface area contributed by atoms with Gasteiger partial charge in [0.05, 0.1) is 19.6 Å². The normalized spacial score (nSPS) is 13.9. The van der Waals surface area contributed by atoms with E-state index < -0.39 is 0 Å². The number of pyridine rings is 1. The largest absolute Gasteiger partial charge is 0.489 e. The first-order chi connectivity index (χ1) is 16.7. The topological polar surface area (TPSA) is 56.6 Å². The van der Waals surface area contributed by atoms with Gasteiger partial charge in [0.2, 0.25) is 5.91 Å². The Morgan fingerprint density at radius 2 is 1.76 bits per heavy atom. The molecule has 0 radical (unpaired) electrons. The van der Waals surface area contributed by atoms with Crippen molar-refractivity contribution >= 4 is 32.7 Å². The summed E-state index contributed by atoms with van der Waals surface area (Å²) in [6, 6.07) is 18.3. The lowest BCUT2D eigenvalue weighted by molar-refractivity contribution is -0.134. The van der Waals surface area contributed by atoms with Crippen molar-refractivity contribution in [3.05, 3.63) is 94.4 Å². The van der Waals surface area contributed by atoms with Gasteiger partial charge in [-0.1, -0.05) is 28.1 Å². The van der Waals surface area contributed by atoms with Crippen LogP contribution in [0.4, 0.5) is 0 Å². The smallest absolute Gasteiger partial charge is 0.227 e. The highest BCUT2D eigenvalue weighted by Gasteiger charge is 2.20. The molecule has 3 heterocycles. The van der Waals surface area contributed by atoms with Crippen LogP contribution < -0.4 is 4.74 Å². The maximum atomic E-state index is 13.0. The zero-order valence-corrected chi connectivity index (χ0v) is 20.4. The molecule has 0 saturated carbocycles. The first kappa shape index (κ1) is 22.6. The van der Waals surface area contributed by atoms with Crippen LogP contribution in [0, 0.1) is 0 Å². The van der Waals surface area contributed by atoms with Crippen molar-refractivity contribution in [3.63, 3.8) is 0 Å². The molecule has 0 bridgehead atoms. The molecule has 0 atom stereocenters.